The number of aliphatic hydroxyl groups excluding tert-OH is 1. The number of para-hydroxylation sites is 2. The molecule has 2 aromatic carbocycles. The molecule has 3 nitrogen and oxygen atoms in total. The summed E-state index contributed by atoms with van der Waals surface area (Å²) in [6, 6.07) is 12.0. The largest absolute Gasteiger partial charge is 0.495 e. The molecule has 3 rings (SSSR count). The Balaban J connectivity index is 2.58. The fraction of sp³-hybridized carbons (Fsp3) is 0.200. The van der Waals surface area contributed by atoms with E-state index in [2.05, 4.69) is 16.7 Å². The van der Waals surface area contributed by atoms with Gasteiger partial charge in [0, 0.05) is 23.4 Å². The van der Waals surface area contributed by atoms with Crippen molar-refractivity contribution in [3.63, 3.8) is 0 Å². The summed E-state index contributed by atoms with van der Waals surface area (Å²) >= 11 is 0. The number of rotatable bonds is 2. The summed E-state index contributed by atoms with van der Waals surface area (Å²) in [5.74, 6) is 0.857. The van der Waals surface area contributed by atoms with Crippen molar-refractivity contribution in [3.05, 3.63) is 42.0 Å². The first-order valence-electron chi connectivity index (χ1n) is 5.91. The highest BCUT2D eigenvalue weighted by atomic mass is 16.5. The predicted octanol–water partition coefficient (Wildman–Crippen LogP) is 2.83. The number of fused-ring (bicyclic) bond motifs is 3. The van der Waals surface area contributed by atoms with Gasteiger partial charge < -0.3 is 14.4 Å². The molecule has 0 spiro atoms. The van der Waals surface area contributed by atoms with E-state index < -0.39 is 0 Å². The lowest BCUT2D eigenvalue weighted by atomic mass is 10.1. The van der Waals surface area contributed by atoms with Crippen LogP contribution in [0.1, 0.15) is 5.56 Å². The van der Waals surface area contributed by atoms with Crippen molar-refractivity contribution in [1.82, 2.24) is 4.57 Å². The number of aliphatic hydroxyl groups is 1. The number of ether oxygens (including phenoxy) is 1. The molecule has 0 saturated heterocycles. The van der Waals surface area contributed by atoms with Crippen LogP contribution in [0.25, 0.3) is 21.8 Å². The van der Waals surface area contributed by atoms with Crippen LogP contribution in [-0.2, 0) is 13.7 Å². The minimum Gasteiger partial charge on any atom is -0.495 e. The Hall–Kier alpha value is -2.00. The van der Waals surface area contributed by atoms with Gasteiger partial charge in [0.25, 0.3) is 0 Å². The van der Waals surface area contributed by atoms with E-state index in [4.69, 9.17) is 4.74 Å². The topological polar surface area (TPSA) is 34.4 Å². The fourth-order valence-electron chi connectivity index (χ4n) is 2.69. The van der Waals surface area contributed by atoms with Crippen molar-refractivity contribution >= 4 is 21.8 Å². The van der Waals surface area contributed by atoms with Gasteiger partial charge in [0.2, 0.25) is 0 Å². The van der Waals surface area contributed by atoms with Crippen molar-refractivity contribution < 1.29 is 9.84 Å². The van der Waals surface area contributed by atoms with Crippen molar-refractivity contribution in [3.8, 4) is 5.75 Å². The molecule has 0 bridgehead atoms. The number of hydrogen-bond donors (Lipinski definition) is 1. The van der Waals surface area contributed by atoms with Crippen LogP contribution in [0.4, 0.5) is 0 Å². The SMILES string of the molecule is COc1cccc2c3cccc(CO)c3n(C)c12. The Bertz CT molecular complexity index is 667. The van der Waals surface area contributed by atoms with E-state index in [1.165, 1.54) is 0 Å². The summed E-state index contributed by atoms with van der Waals surface area (Å²) < 4.78 is 7.52. The summed E-state index contributed by atoms with van der Waals surface area (Å²) in [5, 5.41) is 11.8. The molecule has 1 N–H and O–H groups in total. The van der Waals surface area contributed by atoms with Crippen LogP contribution < -0.4 is 4.74 Å². The highest BCUT2D eigenvalue weighted by Gasteiger charge is 2.13. The third-order valence-electron chi connectivity index (χ3n) is 3.47. The number of benzene rings is 2. The molecule has 18 heavy (non-hydrogen) atoms. The lowest BCUT2D eigenvalue weighted by molar-refractivity contribution is 0.283. The Labute approximate surface area is 105 Å². The first-order valence-corrected chi connectivity index (χ1v) is 5.91. The molecule has 0 amide bonds. The van der Waals surface area contributed by atoms with Crippen molar-refractivity contribution in [1.29, 1.82) is 0 Å². The highest BCUT2D eigenvalue weighted by molar-refractivity contribution is 6.10. The van der Waals surface area contributed by atoms with Crippen molar-refractivity contribution in [2.75, 3.05) is 7.11 Å². The molecule has 1 aromatic heterocycles. The zero-order valence-electron chi connectivity index (χ0n) is 10.5. The standard InChI is InChI=1S/C15H15NO2/c1-16-14-10(9-17)5-3-6-11(14)12-7-4-8-13(18-2)15(12)16/h3-8,17H,9H2,1-2H3. The average molecular weight is 241 g/mol. The monoisotopic (exact) mass is 241 g/mol. The van der Waals surface area contributed by atoms with Crippen LogP contribution in [-0.4, -0.2) is 16.8 Å². The smallest absolute Gasteiger partial charge is 0.143 e. The number of aryl methyl sites for hydroxylation is 1. The molecular weight excluding hydrogens is 226 g/mol. The maximum absolute atomic E-state index is 9.47. The molecule has 1 heterocycles. The number of methoxy groups -OCH3 is 1. The maximum Gasteiger partial charge on any atom is 0.143 e. The number of aromatic nitrogens is 1. The van der Waals surface area contributed by atoms with Crippen molar-refractivity contribution in [2.45, 2.75) is 6.61 Å². The van der Waals surface area contributed by atoms with Gasteiger partial charge in [-0.25, -0.2) is 0 Å². The Kier molecular flexibility index (Phi) is 2.49. The maximum atomic E-state index is 9.47. The van der Waals surface area contributed by atoms with Crippen LogP contribution in [0.15, 0.2) is 36.4 Å². The van der Waals surface area contributed by atoms with Gasteiger partial charge in [0.15, 0.2) is 0 Å². The van der Waals surface area contributed by atoms with Gasteiger partial charge in [0.05, 0.1) is 24.8 Å². The molecular formula is C15H15NO2. The molecule has 0 atom stereocenters. The molecule has 3 aromatic rings. The van der Waals surface area contributed by atoms with Gasteiger partial charge >= 0.3 is 0 Å². The normalized spacial score (nSPS) is 11.3. The third-order valence-corrected chi connectivity index (χ3v) is 3.47. The van der Waals surface area contributed by atoms with E-state index in [-0.39, 0.29) is 6.61 Å². The number of nitrogens with zero attached hydrogens (tertiary/aromatic N) is 1. The van der Waals surface area contributed by atoms with Crippen LogP contribution in [0, 0.1) is 0 Å². The lowest BCUT2D eigenvalue weighted by Crippen LogP contribution is -1.94. The van der Waals surface area contributed by atoms with E-state index in [0.717, 1.165) is 33.1 Å². The molecule has 0 aliphatic rings. The summed E-state index contributed by atoms with van der Waals surface area (Å²) in [7, 11) is 3.69. The van der Waals surface area contributed by atoms with Crippen LogP contribution in [0.5, 0.6) is 5.75 Å². The molecule has 0 fully saturated rings. The summed E-state index contributed by atoms with van der Waals surface area (Å²) in [6.45, 7) is 0.0455. The molecule has 0 saturated carbocycles. The quantitative estimate of drug-likeness (QED) is 0.748. The van der Waals surface area contributed by atoms with Gasteiger partial charge in [0.1, 0.15) is 5.75 Å². The zero-order valence-corrected chi connectivity index (χ0v) is 10.5. The van der Waals surface area contributed by atoms with Gasteiger partial charge in [-0.2, -0.15) is 0 Å². The first kappa shape index (κ1) is 11.1. The van der Waals surface area contributed by atoms with Gasteiger partial charge in [-0.05, 0) is 6.07 Å². The van der Waals surface area contributed by atoms with Crippen molar-refractivity contribution in [2.24, 2.45) is 7.05 Å². The van der Waals surface area contributed by atoms with E-state index >= 15 is 0 Å². The predicted molar refractivity (Wildman–Crippen MR) is 72.9 cm³/mol. The second-order valence-electron chi connectivity index (χ2n) is 4.39. The second-order valence-corrected chi connectivity index (χ2v) is 4.39. The average Bonchev–Trinajstić information content (AvgIpc) is 2.73. The zero-order chi connectivity index (χ0) is 12.7. The molecule has 0 radical (unpaired) electrons. The van der Waals surface area contributed by atoms with E-state index in [1.54, 1.807) is 7.11 Å². The lowest BCUT2D eigenvalue weighted by Gasteiger charge is -2.05. The van der Waals surface area contributed by atoms with E-state index in [0.29, 0.717) is 0 Å². The van der Waals surface area contributed by atoms with E-state index in [9.17, 15) is 5.11 Å². The molecule has 92 valence electrons. The van der Waals surface area contributed by atoms with Gasteiger partial charge in [-0.1, -0.05) is 30.3 Å². The van der Waals surface area contributed by atoms with Crippen LogP contribution >= 0.6 is 0 Å². The fourth-order valence-corrected chi connectivity index (χ4v) is 2.69. The van der Waals surface area contributed by atoms with E-state index in [1.807, 2.05) is 31.3 Å². The highest BCUT2D eigenvalue weighted by Crippen LogP contribution is 2.35. The Morgan fingerprint density at radius 3 is 2.39 bits per heavy atom. The summed E-state index contributed by atoms with van der Waals surface area (Å²) in [5.41, 5.74) is 3.07. The minimum absolute atomic E-state index is 0.0455. The Morgan fingerprint density at radius 2 is 1.72 bits per heavy atom. The Morgan fingerprint density at radius 1 is 1.06 bits per heavy atom. The number of hydrogen-bond acceptors (Lipinski definition) is 2. The first-order chi connectivity index (χ1) is 8.77. The summed E-state index contributed by atoms with van der Waals surface area (Å²) in [6.07, 6.45) is 0. The second kappa shape index (κ2) is 4.03. The molecule has 3 heteroatoms. The van der Waals surface area contributed by atoms with Crippen LogP contribution in [0.2, 0.25) is 0 Å². The molecule has 0 unspecified atom stereocenters. The minimum atomic E-state index is 0.0455. The van der Waals surface area contributed by atoms with Crippen LogP contribution in [0.3, 0.4) is 0 Å². The molecule has 0 aliphatic heterocycles. The summed E-state index contributed by atoms with van der Waals surface area (Å²) in [4.78, 5) is 0. The van der Waals surface area contributed by atoms with Gasteiger partial charge in [-0.15, -0.1) is 0 Å². The van der Waals surface area contributed by atoms with Gasteiger partial charge in [-0.3, -0.25) is 0 Å². The molecule has 0 aliphatic carbocycles. The third kappa shape index (κ3) is 1.34.